The maximum absolute atomic E-state index is 13.2. The second kappa shape index (κ2) is 9.10. The van der Waals surface area contributed by atoms with E-state index in [-0.39, 0.29) is 12.4 Å². The Hall–Kier alpha value is -2.86. The fourth-order valence-corrected chi connectivity index (χ4v) is 4.53. The molecule has 0 amide bonds. The number of ketones is 1. The van der Waals surface area contributed by atoms with Crippen LogP contribution in [0.25, 0.3) is 0 Å². The van der Waals surface area contributed by atoms with Gasteiger partial charge < -0.3 is 14.8 Å². The Labute approximate surface area is 190 Å². The van der Waals surface area contributed by atoms with Crippen LogP contribution in [0.3, 0.4) is 0 Å². The Bertz CT molecular complexity index is 1040. The normalized spacial score (nSPS) is 20.7. The summed E-state index contributed by atoms with van der Waals surface area (Å²) in [6.07, 6.45) is 2.08. The molecule has 0 aromatic heterocycles. The number of esters is 1. The van der Waals surface area contributed by atoms with Crippen LogP contribution >= 0.6 is 15.9 Å². The molecule has 6 heteroatoms. The number of ether oxygens (including phenoxy) is 2. The van der Waals surface area contributed by atoms with E-state index in [0.29, 0.717) is 17.7 Å². The molecule has 0 radical (unpaired) electrons. The van der Waals surface area contributed by atoms with Gasteiger partial charge in [-0.3, -0.25) is 9.59 Å². The fourth-order valence-electron chi connectivity index (χ4n) is 4.27. The highest BCUT2D eigenvalue weighted by Gasteiger charge is 2.43. The van der Waals surface area contributed by atoms with Gasteiger partial charge in [-0.25, -0.2) is 0 Å². The summed E-state index contributed by atoms with van der Waals surface area (Å²) in [6.45, 7) is 4.26. The third-order valence-corrected chi connectivity index (χ3v) is 6.34. The van der Waals surface area contributed by atoms with E-state index in [2.05, 4.69) is 27.8 Å². The lowest BCUT2D eigenvalue weighted by atomic mass is 9.71. The third kappa shape index (κ3) is 4.44. The number of carbonyl (C=O) groups excluding carboxylic acids is 2. The van der Waals surface area contributed by atoms with E-state index in [4.69, 9.17) is 9.47 Å². The molecule has 0 bridgehead atoms. The van der Waals surface area contributed by atoms with Crippen LogP contribution in [0.4, 0.5) is 0 Å². The van der Waals surface area contributed by atoms with E-state index in [0.717, 1.165) is 39.9 Å². The van der Waals surface area contributed by atoms with Gasteiger partial charge >= 0.3 is 5.97 Å². The van der Waals surface area contributed by atoms with E-state index < -0.39 is 17.8 Å². The second-order valence-electron chi connectivity index (χ2n) is 7.78. The number of halogens is 1. The van der Waals surface area contributed by atoms with Gasteiger partial charge in [0.25, 0.3) is 0 Å². The number of hydrogen-bond donors (Lipinski definition) is 1. The highest BCUT2D eigenvalue weighted by Crippen LogP contribution is 2.44. The zero-order chi connectivity index (χ0) is 22.0. The number of allylic oxidation sites excluding steroid dienone is 2. The van der Waals surface area contributed by atoms with Crippen molar-refractivity contribution in [2.24, 2.45) is 5.92 Å². The molecule has 5 nitrogen and oxygen atoms in total. The number of carbonyl (C=O) groups is 2. The van der Waals surface area contributed by atoms with Gasteiger partial charge in [0.1, 0.15) is 18.3 Å². The first-order valence-corrected chi connectivity index (χ1v) is 11.0. The number of benzene rings is 2. The van der Waals surface area contributed by atoms with Crippen LogP contribution in [0.2, 0.25) is 0 Å². The van der Waals surface area contributed by atoms with E-state index in [1.807, 2.05) is 48.5 Å². The first-order chi connectivity index (χ1) is 15.0. The summed E-state index contributed by atoms with van der Waals surface area (Å²) in [5.41, 5.74) is 3.90. The van der Waals surface area contributed by atoms with E-state index >= 15 is 0 Å². The maximum Gasteiger partial charge on any atom is 0.316 e. The molecule has 2 aromatic carbocycles. The van der Waals surface area contributed by atoms with Gasteiger partial charge in [0, 0.05) is 33.8 Å². The lowest BCUT2D eigenvalue weighted by Gasteiger charge is -2.38. The first-order valence-electron chi connectivity index (χ1n) is 10.2. The minimum atomic E-state index is -0.680. The Morgan fingerprint density at radius 1 is 1.13 bits per heavy atom. The van der Waals surface area contributed by atoms with Crippen LogP contribution < -0.4 is 10.1 Å². The number of nitrogens with one attached hydrogen (secondary N) is 1. The van der Waals surface area contributed by atoms with Crippen LogP contribution in [-0.2, 0) is 20.9 Å². The smallest absolute Gasteiger partial charge is 0.316 e. The van der Waals surface area contributed by atoms with Crippen molar-refractivity contribution in [2.45, 2.75) is 31.8 Å². The first kappa shape index (κ1) is 21.4. The van der Waals surface area contributed by atoms with E-state index in [1.165, 1.54) is 0 Å². The van der Waals surface area contributed by atoms with Gasteiger partial charge in [0.05, 0.1) is 7.11 Å². The van der Waals surface area contributed by atoms with Crippen molar-refractivity contribution < 1.29 is 19.1 Å². The van der Waals surface area contributed by atoms with Gasteiger partial charge in [-0.05, 0) is 48.2 Å². The molecule has 2 unspecified atom stereocenters. The zero-order valence-corrected chi connectivity index (χ0v) is 18.9. The van der Waals surface area contributed by atoms with Crippen molar-refractivity contribution in [3.63, 3.8) is 0 Å². The van der Waals surface area contributed by atoms with Crippen LogP contribution in [0.5, 0.6) is 5.75 Å². The molecule has 2 atom stereocenters. The lowest BCUT2D eigenvalue weighted by molar-refractivity contribution is -0.149. The molecule has 2 aromatic rings. The van der Waals surface area contributed by atoms with Crippen LogP contribution in [0, 0.1) is 5.92 Å². The molecule has 2 aliphatic rings. The highest BCUT2D eigenvalue weighted by molar-refractivity contribution is 9.10. The molecule has 31 heavy (non-hydrogen) atoms. The van der Waals surface area contributed by atoms with Crippen molar-refractivity contribution in [1.29, 1.82) is 0 Å². The SMILES string of the molecule is C=C1NC2=C(C(=O)CCC2)C(c2ccc(Br)cc2)C1C(=O)OCc1ccc(OC)cc1. The van der Waals surface area contributed by atoms with Crippen molar-refractivity contribution in [3.05, 3.63) is 87.7 Å². The summed E-state index contributed by atoms with van der Waals surface area (Å²) in [7, 11) is 1.61. The number of hydrogen-bond acceptors (Lipinski definition) is 5. The molecular weight excluding hydrogens is 458 g/mol. The van der Waals surface area contributed by atoms with Crippen LogP contribution in [0.1, 0.15) is 36.3 Å². The average Bonchev–Trinajstić information content (AvgIpc) is 2.77. The third-order valence-electron chi connectivity index (χ3n) is 5.81. The quantitative estimate of drug-likeness (QED) is 0.607. The number of Topliss-reactive ketones (excluding diaryl/α,β-unsaturated/α-hetero) is 1. The monoisotopic (exact) mass is 481 g/mol. The summed E-state index contributed by atoms with van der Waals surface area (Å²) in [4.78, 5) is 26.1. The van der Waals surface area contributed by atoms with Crippen molar-refractivity contribution in [2.75, 3.05) is 7.11 Å². The summed E-state index contributed by atoms with van der Waals surface area (Å²) in [5, 5.41) is 3.24. The topological polar surface area (TPSA) is 64.6 Å². The molecule has 0 spiro atoms. The molecule has 1 heterocycles. The maximum atomic E-state index is 13.2. The molecule has 0 saturated heterocycles. The predicted molar refractivity (Wildman–Crippen MR) is 121 cm³/mol. The Balaban J connectivity index is 1.64. The fraction of sp³-hybridized carbons (Fsp3) is 0.280. The molecule has 4 rings (SSSR count). The molecule has 0 saturated carbocycles. The van der Waals surface area contributed by atoms with Gasteiger partial charge in [-0.1, -0.05) is 46.8 Å². The lowest BCUT2D eigenvalue weighted by Crippen LogP contribution is -2.41. The van der Waals surface area contributed by atoms with Gasteiger partial charge in [0.15, 0.2) is 5.78 Å². The molecule has 1 aliphatic carbocycles. The largest absolute Gasteiger partial charge is 0.497 e. The van der Waals surface area contributed by atoms with Crippen molar-refractivity contribution in [3.8, 4) is 5.75 Å². The molecule has 1 aliphatic heterocycles. The van der Waals surface area contributed by atoms with E-state index in [9.17, 15) is 9.59 Å². The average molecular weight is 482 g/mol. The summed E-state index contributed by atoms with van der Waals surface area (Å²) < 4.78 is 11.8. The van der Waals surface area contributed by atoms with Crippen molar-refractivity contribution in [1.82, 2.24) is 5.32 Å². The number of rotatable bonds is 5. The van der Waals surface area contributed by atoms with Gasteiger partial charge in [-0.2, -0.15) is 0 Å². The summed E-state index contributed by atoms with van der Waals surface area (Å²) >= 11 is 3.46. The highest BCUT2D eigenvalue weighted by atomic mass is 79.9. The Kier molecular flexibility index (Phi) is 6.28. The standard InChI is InChI=1S/C25H24BrNO4/c1-15-22(25(29)31-14-16-6-12-19(30-2)13-7-16)23(17-8-10-18(26)11-9-17)24-20(27-15)4-3-5-21(24)28/h6-13,22-23,27H,1,3-5,14H2,2H3. The summed E-state index contributed by atoms with van der Waals surface area (Å²) in [6, 6.07) is 15.1. The second-order valence-corrected chi connectivity index (χ2v) is 8.70. The summed E-state index contributed by atoms with van der Waals surface area (Å²) in [5.74, 6) is -0.660. The zero-order valence-electron chi connectivity index (χ0n) is 17.3. The van der Waals surface area contributed by atoms with Gasteiger partial charge in [0.2, 0.25) is 0 Å². The minimum absolute atomic E-state index is 0.0853. The van der Waals surface area contributed by atoms with Gasteiger partial charge in [-0.15, -0.1) is 0 Å². The van der Waals surface area contributed by atoms with Crippen LogP contribution in [-0.4, -0.2) is 18.9 Å². The molecule has 160 valence electrons. The molecule has 0 fully saturated rings. The molecular formula is C25H24BrNO4. The van der Waals surface area contributed by atoms with Crippen molar-refractivity contribution >= 4 is 27.7 Å². The number of methoxy groups -OCH3 is 1. The van der Waals surface area contributed by atoms with Crippen LogP contribution in [0.15, 0.2) is 76.5 Å². The Morgan fingerprint density at radius 2 is 1.84 bits per heavy atom. The predicted octanol–water partition coefficient (Wildman–Crippen LogP) is 5.02. The van der Waals surface area contributed by atoms with E-state index in [1.54, 1.807) is 7.11 Å². The minimum Gasteiger partial charge on any atom is -0.497 e. The Morgan fingerprint density at radius 3 is 2.52 bits per heavy atom. The molecule has 1 N–H and O–H groups in total.